The number of methoxy groups -OCH3 is 1. The van der Waals surface area contributed by atoms with Crippen LogP contribution in [0, 0.1) is 5.92 Å². The zero-order valence-corrected chi connectivity index (χ0v) is 21.1. The number of benzene rings is 2. The van der Waals surface area contributed by atoms with Crippen LogP contribution in [0.1, 0.15) is 18.9 Å². The SMILES string of the molecule is CCNC(=NCC1CCN(c2ccccc2OC)C1)NCCc1ccc2c(c1)OCO2.I. The summed E-state index contributed by atoms with van der Waals surface area (Å²) in [4.78, 5) is 7.25. The molecule has 2 aromatic carbocycles. The molecule has 2 heterocycles. The van der Waals surface area contributed by atoms with E-state index in [9.17, 15) is 0 Å². The molecule has 4 rings (SSSR count). The van der Waals surface area contributed by atoms with Crippen molar-refractivity contribution in [2.75, 3.05) is 51.5 Å². The Balaban J connectivity index is 0.00000289. The molecule has 7 nitrogen and oxygen atoms in total. The number of hydrogen-bond acceptors (Lipinski definition) is 5. The van der Waals surface area contributed by atoms with Gasteiger partial charge in [-0.2, -0.15) is 0 Å². The Bertz CT molecular complexity index is 909. The Hall–Kier alpha value is -2.36. The van der Waals surface area contributed by atoms with Crippen LogP contribution in [0.15, 0.2) is 47.5 Å². The van der Waals surface area contributed by atoms with E-state index in [2.05, 4.69) is 46.7 Å². The summed E-state index contributed by atoms with van der Waals surface area (Å²) in [6.45, 7) is 6.90. The molecule has 2 aliphatic rings. The molecular weight excluding hydrogens is 519 g/mol. The Morgan fingerprint density at radius 3 is 2.84 bits per heavy atom. The number of fused-ring (bicyclic) bond motifs is 1. The third-order valence-electron chi connectivity index (χ3n) is 5.71. The Morgan fingerprint density at radius 1 is 1.16 bits per heavy atom. The van der Waals surface area contributed by atoms with E-state index >= 15 is 0 Å². The first kappa shape index (κ1) is 24.3. The summed E-state index contributed by atoms with van der Waals surface area (Å²) in [6, 6.07) is 14.4. The maximum Gasteiger partial charge on any atom is 0.231 e. The Kier molecular flexibility index (Phi) is 9.13. The largest absolute Gasteiger partial charge is 0.495 e. The zero-order chi connectivity index (χ0) is 21.5. The van der Waals surface area contributed by atoms with Crippen molar-refractivity contribution in [1.82, 2.24) is 10.6 Å². The van der Waals surface area contributed by atoms with Crippen LogP contribution in [0.25, 0.3) is 0 Å². The highest BCUT2D eigenvalue weighted by atomic mass is 127. The number of aliphatic imine (C=N–C) groups is 1. The minimum atomic E-state index is 0. The first-order chi connectivity index (χ1) is 15.3. The van der Waals surface area contributed by atoms with Crippen molar-refractivity contribution >= 4 is 35.6 Å². The second-order valence-electron chi connectivity index (χ2n) is 7.86. The molecule has 0 bridgehead atoms. The molecule has 0 aromatic heterocycles. The van der Waals surface area contributed by atoms with E-state index in [0.717, 1.165) is 68.8 Å². The summed E-state index contributed by atoms with van der Waals surface area (Å²) >= 11 is 0. The molecule has 1 unspecified atom stereocenters. The van der Waals surface area contributed by atoms with Crippen LogP contribution >= 0.6 is 24.0 Å². The molecule has 0 aliphatic carbocycles. The fourth-order valence-electron chi connectivity index (χ4n) is 4.08. The smallest absolute Gasteiger partial charge is 0.231 e. The van der Waals surface area contributed by atoms with Gasteiger partial charge < -0.3 is 29.7 Å². The number of nitrogens with one attached hydrogen (secondary N) is 2. The molecule has 0 saturated carbocycles. The second-order valence-corrected chi connectivity index (χ2v) is 7.86. The van der Waals surface area contributed by atoms with Gasteiger partial charge in [0.05, 0.1) is 12.8 Å². The van der Waals surface area contributed by atoms with Crippen molar-refractivity contribution in [2.24, 2.45) is 10.9 Å². The molecule has 0 spiro atoms. The zero-order valence-electron chi connectivity index (χ0n) is 18.8. The molecule has 1 saturated heterocycles. The quantitative estimate of drug-likeness (QED) is 0.296. The highest BCUT2D eigenvalue weighted by Crippen LogP contribution is 2.33. The van der Waals surface area contributed by atoms with Crippen LogP contribution in [-0.2, 0) is 6.42 Å². The van der Waals surface area contributed by atoms with E-state index in [4.69, 9.17) is 19.2 Å². The lowest BCUT2D eigenvalue weighted by Crippen LogP contribution is -2.38. The molecular formula is C24H33IN4O3. The summed E-state index contributed by atoms with van der Waals surface area (Å²) in [7, 11) is 1.73. The van der Waals surface area contributed by atoms with Crippen molar-refractivity contribution < 1.29 is 14.2 Å². The van der Waals surface area contributed by atoms with Gasteiger partial charge >= 0.3 is 0 Å². The van der Waals surface area contributed by atoms with E-state index in [1.165, 1.54) is 11.3 Å². The van der Waals surface area contributed by atoms with Crippen LogP contribution in [0.5, 0.6) is 17.2 Å². The first-order valence-electron chi connectivity index (χ1n) is 11.1. The van der Waals surface area contributed by atoms with Crippen LogP contribution in [0.3, 0.4) is 0 Å². The van der Waals surface area contributed by atoms with Crippen LogP contribution in [0.4, 0.5) is 5.69 Å². The maximum atomic E-state index is 5.52. The van der Waals surface area contributed by atoms with E-state index in [1.807, 2.05) is 18.2 Å². The van der Waals surface area contributed by atoms with Gasteiger partial charge in [-0.15, -0.1) is 24.0 Å². The Morgan fingerprint density at radius 2 is 2.00 bits per heavy atom. The summed E-state index contributed by atoms with van der Waals surface area (Å²) in [6.07, 6.45) is 2.03. The van der Waals surface area contributed by atoms with Crippen molar-refractivity contribution in [1.29, 1.82) is 0 Å². The molecule has 2 N–H and O–H groups in total. The van der Waals surface area contributed by atoms with Crippen LogP contribution in [-0.4, -0.2) is 52.6 Å². The van der Waals surface area contributed by atoms with Gasteiger partial charge in [0.15, 0.2) is 17.5 Å². The molecule has 0 radical (unpaired) electrons. The molecule has 1 fully saturated rings. The summed E-state index contributed by atoms with van der Waals surface area (Å²) in [5.41, 5.74) is 2.39. The maximum absolute atomic E-state index is 5.52. The average molecular weight is 552 g/mol. The lowest BCUT2D eigenvalue weighted by molar-refractivity contribution is 0.174. The number of ether oxygens (including phenoxy) is 3. The van der Waals surface area contributed by atoms with E-state index in [0.29, 0.717) is 12.7 Å². The fraction of sp³-hybridized carbons (Fsp3) is 0.458. The predicted molar refractivity (Wildman–Crippen MR) is 139 cm³/mol. The van der Waals surface area contributed by atoms with Crippen molar-refractivity contribution in [3.8, 4) is 17.2 Å². The van der Waals surface area contributed by atoms with Crippen molar-refractivity contribution in [3.63, 3.8) is 0 Å². The standard InChI is InChI=1S/C24H32N4O3.HI/c1-3-25-24(26-12-10-18-8-9-22-23(14-18)31-17-30-22)27-15-19-11-13-28(16-19)20-6-4-5-7-21(20)29-2;/h4-9,14,19H,3,10-13,15-17H2,1-2H3,(H2,25,26,27);1H. The molecule has 174 valence electrons. The van der Waals surface area contributed by atoms with Crippen molar-refractivity contribution in [3.05, 3.63) is 48.0 Å². The third-order valence-corrected chi connectivity index (χ3v) is 5.71. The third kappa shape index (κ3) is 6.11. The van der Waals surface area contributed by atoms with Crippen LogP contribution < -0.4 is 29.7 Å². The first-order valence-corrected chi connectivity index (χ1v) is 11.1. The van der Waals surface area contributed by atoms with Gasteiger partial charge in [0.2, 0.25) is 6.79 Å². The highest BCUT2D eigenvalue weighted by molar-refractivity contribution is 14.0. The molecule has 32 heavy (non-hydrogen) atoms. The van der Waals surface area contributed by atoms with Gasteiger partial charge in [-0.25, -0.2) is 0 Å². The van der Waals surface area contributed by atoms with Gasteiger partial charge in [0.1, 0.15) is 5.75 Å². The fourth-order valence-corrected chi connectivity index (χ4v) is 4.08. The number of nitrogens with zero attached hydrogens (tertiary/aromatic N) is 2. The Labute approximate surface area is 207 Å². The predicted octanol–water partition coefficient (Wildman–Crippen LogP) is 3.67. The van der Waals surface area contributed by atoms with Gasteiger partial charge in [-0.1, -0.05) is 18.2 Å². The average Bonchev–Trinajstić information content (AvgIpc) is 3.46. The van der Waals surface area contributed by atoms with E-state index in [1.54, 1.807) is 7.11 Å². The number of anilines is 1. The number of halogens is 1. The lowest BCUT2D eigenvalue weighted by atomic mass is 10.1. The highest BCUT2D eigenvalue weighted by Gasteiger charge is 2.24. The normalized spacial score (nSPS) is 17.1. The second kappa shape index (κ2) is 12.0. The van der Waals surface area contributed by atoms with Crippen molar-refractivity contribution in [2.45, 2.75) is 19.8 Å². The molecule has 0 amide bonds. The number of para-hydroxylation sites is 2. The molecule has 1 atom stereocenters. The lowest BCUT2D eigenvalue weighted by Gasteiger charge is -2.21. The van der Waals surface area contributed by atoms with E-state index < -0.39 is 0 Å². The van der Waals surface area contributed by atoms with E-state index in [-0.39, 0.29) is 24.0 Å². The number of hydrogen-bond donors (Lipinski definition) is 2. The van der Waals surface area contributed by atoms with Gasteiger partial charge in [-0.05, 0) is 55.5 Å². The van der Waals surface area contributed by atoms with Gasteiger partial charge in [0, 0.05) is 32.7 Å². The van der Waals surface area contributed by atoms with Gasteiger partial charge in [0.25, 0.3) is 0 Å². The summed E-state index contributed by atoms with van der Waals surface area (Å²) in [5.74, 6) is 4.00. The minimum absolute atomic E-state index is 0. The monoisotopic (exact) mass is 552 g/mol. The number of guanidine groups is 1. The minimum Gasteiger partial charge on any atom is -0.495 e. The molecule has 2 aromatic rings. The van der Waals surface area contributed by atoms with Crippen LogP contribution in [0.2, 0.25) is 0 Å². The number of rotatable bonds is 8. The topological polar surface area (TPSA) is 67.4 Å². The summed E-state index contributed by atoms with van der Waals surface area (Å²) < 4.78 is 16.4. The molecule has 2 aliphatic heterocycles. The van der Waals surface area contributed by atoms with Gasteiger partial charge in [-0.3, -0.25) is 4.99 Å². The summed E-state index contributed by atoms with van der Waals surface area (Å²) in [5, 5.41) is 6.81. The molecule has 8 heteroatoms.